The summed E-state index contributed by atoms with van der Waals surface area (Å²) in [5.41, 5.74) is 3.44. The maximum absolute atomic E-state index is 12.6. The van der Waals surface area contributed by atoms with Crippen molar-refractivity contribution in [2.75, 3.05) is 0 Å². The number of nitrogens with one attached hydrogen (secondary N) is 1. The van der Waals surface area contributed by atoms with Crippen molar-refractivity contribution in [1.29, 1.82) is 0 Å². The number of nitrogens with zero attached hydrogens (tertiary/aromatic N) is 3. The zero-order chi connectivity index (χ0) is 18.5. The predicted octanol–water partition coefficient (Wildman–Crippen LogP) is 4.48. The Morgan fingerprint density at radius 2 is 2.15 bits per heavy atom. The van der Waals surface area contributed by atoms with Gasteiger partial charge in [-0.25, -0.2) is 4.98 Å². The predicted molar refractivity (Wildman–Crippen MR) is 107 cm³/mol. The van der Waals surface area contributed by atoms with Crippen LogP contribution < -0.4 is 5.32 Å². The minimum atomic E-state index is -0.168. The molecule has 0 spiro atoms. The number of aromatic nitrogens is 3. The molecule has 4 rings (SSSR count). The Bertz CT molecular complexity index is 1010. The first-order valence-electron chi connectivity index (χ1n) is 8.03. The third-order valence-electron chi connectivity index (χ3n) is 3.60. The van der Waals surface area contributed by atoms with Gasteiger partial charge in [-0.1, -0.05) is 23.4 Å². The quantitative estimate of drug-likeness (QED) is 0.449. The molecular formula is C18H14N4O2S3. The van der Waals surface area contributed by atoms with Gasteiger partial charge in [0.15, 0.2) is 5.82 Å². The smallest absolute Gasteiger partial charge is 0.268 e. The first-order valence-corrected chi connectivity index (χ1v) is 10.8. The summed E-state index contributed by atoms with van der Waals surface area (Å²) in [5, 5.41) is 10.7. The summed E-state index contributed by atoms with van der Waals surface area (Å²) in [5.74, 6) is 1.47. The van der Waals surface area contributed by atoms with E-state index in [1.807, 2.05) is 52.7 Å². The number of hydrogen-bond donors (Lipinski definition) is 1. The van der Waals surface area contributed by atoms with Crippen LogP contribution in [0.15, 0.2) is 62.1 Å². The molecule has 9 heteroatoms. The van der Waals surface area contributed by atoms with Crippen molar-refractivity contribution in [3.8, 4) is 10.8 Å². The minimum absolute atomic E-state index is 0.168. The van der Waals surface area contributed by atoms with Crippen molar-refractivity contribution in [3.05, 3.63) is 69.8 Å². The van der Waals surface area contributed by atoms with Gasteiger partial charge >= 0.3 is 0 Å². The number of hydrogen-bond acceptors (Lipinski definition) is 8. The van der Waals surface area contributed by atoms with E-state index in [-0.39, 0.29) is 12.5 Å². The number of carbonyl (C=O) groups is 1. The number of thiophene rings is 1. The summed E-state index contributed by atoms with van der Waals surface area (Å²) < 4.78 is 5.24. The maximum atomic E-state index is 12.6. The lowest BCUT2D eigenvalue weighted by atomic mass is 10.2. The van der Waals surface area contributed by atoms with Crippen molar-refractivity contribution in [1.82, 2.24) is 20.4 Å². The second-order valence-corrected chi connectivity index (χ2v) is 8.12. The fourth-order valence-electron chi connectivity index (χ4n) is 2.32. The molecule has 136 valence electrons. The number of carbonyl (C=O) groups excluding carboxylic acids is 1. The van der Waals surface area contributed by atoms with E-state index < -0.39 is 0 Å². The van der Waals surface area contributed by atoms with Crippen LogP contribution >= 0.6 is 34.4 Å². The molecule has 4 aromatic rings. The number of benzene rings is 1. The Balaban J connectivity index is 1.39. The second-order valence-electron chi connectivity index (χ2n) is 5.44. The number of rotatable bonds is 7. The van der Waals surface area contributed by atoms with Crippen LogP contribution in [0.1, 0.15) is 21.9 Å². The molecule has 0 atom stereocenters. The monoisotopic (exact) mass is 414 g/mol. The van der Waals surface area contributed by atoms with Crippen LogP contribution in [0.4, 0.5) is 0 Å². The van der Waals surface area contributed by atoms with Crippen molar-refractivity contribution in [2.24, 2.45) is 0 Å². The molecule has 1 amide bonds. The summed E-state index contributed by atoms with van der Waals surface area (Å²) >= 11 is 4.68. The van der Waals surface area contributed by atoms with E-state index in [9.17, 15) is 4.79 Å². The SMILES string of the molecule is O=C(NCc1noc(-c2cccs2)n1)c1ccccc1SCc1cscn1. The molecule has 0 radical (unpaired) electrons. The van der Waals surface area contributed by atoms with Gasteiger partial charge in [-0.15, -0.1) is 34.4 Å². The minimum Gasteiger partial charge on any atom is -0.345 e. The molecule has 0 unspecified atom stereocenters. The standard InChI is InChI=1S/C18H14N4O2S3/c23-17(19-8-16-21-18(24-22-16)15-6-3-7-26-15)13-4-1-2-5-14(13)27-10-12-9-25-11-20-12/h1-7,9,11H,8,10H2,(H,19,23). The van der Waals surface area contributed by atoms with Crippen molar-refractivity contribution in [3.63, 3.8) is 0 Å². The van der Waals surface area contributed by atoms with Gasteiger partial charge in [-0.3, -0.25) is 4.79 Å². The fourth-order valence-corrected chi connectivity index (χ4v) is 4.58. The highest BCUT2D eigenvalue weighted by atomic mass is 32.2. The molecule has 0 saturated heterocycles. The van der Waals surface area contributed by atoms with Gasteiger partial charge in [0, 0.05) is 16.0 Å². The summed E-state index contributed by atoms with van der Waals surface area (Å²) in [7, 11) is 0. The molecule has 0 aliphatic rings. The molecule has 3 aromatic heterocycles. The Kier molecular flexibility index (Phi) is 5.61. The van der Waals surface area contributed by atoms with Crippen LogP contribution in [0.3, 0.4) is 0 Å². The van der Waals surface area contributed by atoms with Crippen LogP contribution in [0, 0.1) is 0 Å². The van der Waals surface area contributed by atoms with E-state index in [2.05, 4.69) is 20.4 Å². The van der Waals surface area contributed by atoms with E-state index in [0.717, 1.165) is 21.2 Å². The van der Waals surface area contributed by atoms with Gasteiger partial charge in [-0.2, -0.15) is 4.98 Å². The lowest BCUT2D eigenvalue weighted by Crippen LogP contribution is -2.24. The summed E-state index contributed by atoms with van der Waals surface area (Å²) in [6, 6.07) is 11.4. The average Bonchev–Trinajstić information content (AvgIpc) is 3.47. The topological polar surface area (TPSA) is 80.9 Å². The molecule has 1 aromatic carbocycles. The van der Waals surface area contributed by atoms with Crippen LogP contribution in [-0.2, 0) is 12.3 Å². The third-order valence-corrected chi connectivity index (χ3v) is 6.20. The first-order chi connectivity index (χ1) is 13.3. The van der Waals surface area contributed by atoms with E-state index in [1.165, 1.54) is 11.3 Å². The van der Waals surface area contributed by atoms with Crippen LogP contribution in [-0.4, -0.2) is 21.0 Å². The normalized spacial score (nSPS) is 10.8. The zero-order valence-corrected chi connectivity index (χ0v) is 16.4. The van der Waals surface area contributed by atoms with Crippen LogP contribution in [0.5, 0.6) is 0 Å². The first kappa shape index (κ1) is 17.9. The van der Waals surface area contributed by atoms with E-state index in [0.29, 0.717) is 17.3 Å². The highest BCUT2D eigenvalue weighted by Gasteiger charge is 2.14. The van der Waals surface area contributed by atoms with Gasteiger partial charge in [0.2, 0.25) is 0 Å². The molecule has 0 aliphatic carbocycles. The van der Waals surface area contributed by atoms with Gasteiger partial charge in [0.1, 0.15) is 0 Å². The maximum Gasteiger partial charge on any atom is 0.268 e. The zero-order valence-electron chi connectivity index (χ0n) is 14.0. The number of thioether (sulfide) groups is 1. The Hall–Kier alpha value is -2.49. The number of amides is 1. The molecular weight excluding hydrogens is 400 g/mol. The third kappa shape index (κ3) is 4.44. The van der Waals surface area contributed by atoms with E-state index >= 15 is 0 Å². The molecule has 0 fully saturated rings. The van der Waals surface area contributed by atoms with Gasteiger partial charge in [-0.05, 0) is 23.6 Å². The second kappa shape index (κ2) is 8.47. The van der Waals surface area contributed by atoms with Crippen LogP contribution in [0.25, 0.3) is 10.8 Å². The van der Waals surface area contributed by atoms with Crippen molar-refractivity contribution < 1.29 is 9.32 Å². The van der Waals surface area contributed by atoms with Crippen molar-refractivity contribution >= 4 is 40.3 Å². The Morgan fingerprint density at radius 1 is 1.22 bits per heavy atom. The van der Waals surface area contributed by atoms with Gasteiger partial charge in [0.05, 0.1) is 28.2 Å². The molecule has 0 aliphatic heterocycles. The summed E-state index contributed by atoms with van der Waals surface area (Å²) in [6.45, 7) is 0.207. The molecule has 6 nitrogen and oxygen atoms in total. The molecule has 27 heavy (non-hydrogen) atoms. The van der Waals surface area contributed by atoms with Gasteiger partial charge in [0.25, 0.3) is 11.8 Å². The Labute approximate surface area is 167 Å². The lowest BCUT2D eigenvalue weighted by molar-refractivity contribution is 0.0946. The van der Waals surface area contributed by atoms with E-state index in [4.69, 9.17) is 4.52 Å². The molecule has 0 saturated carbocycles. The number of thiazole rings is 1. The van der Waals surface area contributed by atoms with Crippen molar-refractivity contribution in [2.45, 2.75) is 17.2 Å². The average molecular weight is 415 g/mol. The summed E-state index contributed by atoms with van der Waals surface area (Å²) in [6.07, 6.45) is 0. The largest absolute Gasteiger partial charge is 0.345 e. The summed E-state index contributed by atoms with van der Waals surface area (Å²) in [4.78, 5) is 23.0. The van der Waals surface area contributed by atoms with Gasteiger partial charge < -0.3 is 9.84 Å². The lowest BCUT2D eigenvalue weighted by Gasteiger charge is -2.08. The highest BCUT2D eigenvalue weighted by molar-refractivity contribution is 7.98. The highest BCUT2D eigenvalue weighted by Crippen LogP contribution is 2.26. The van der Waals surface area contributed by atoms with E-state index in [1.54, 1.807) is 23.1 Å². The molecule has 3 heterocycles. The molecule has 0 bridgehead atoms. The Morgan fingerprint density at radius 3 is 2.96 bits per heavy atom. The molecule has 1 N–H and O–H groups in total. The fraction of sp³-hybridized carbons (Fsp3) is 0.111. The van der Waals surface area contributed by atoms with Crippen LogP contribution in [0.2, 0.25) is 0 Å².